The van der Waals surface area contributed by atoms with E-state index in [-0.39, 0.29) is 6.10 Å². The van der Waals surface area contributed by atoms with Crippen LogP contribution < -0.4 is 5.32 Å². The number of ether oxygens (including phenoxy) is 2. The average Bonchev–Trinajstić information content (AvgIpc) is 2.64. The summed E-state index contributed by atoms with van der Waals surface area (Å²) in [5.41, 5.74) is 0.688. The third-order valence-corrected chi connectivity index (χ3v) is 4.35. The summed E-state index contributed by atoms with van der Waals surface area (Å²) in [5.74, 6) is 0. The number of halogens is 1. The van der Waals surface area contributed by atoms with Crippen LogP contribution in [0.15, 0.2) is 9.85 Å². The molecule has 2 rings (SSSR count). The van der Waals surface area contributed by atoms with Gasteiger partial charge in [0.05, 0.1) is 16.9 Å². The van der Waals surface area contributed by atoms with Gasteiger partial charge in [-0.1, -0.05) is 0 Å². The summed E-state index contributed by atoms with van der Waals surface area (Å²) in [4.78, 5) is 13.0. The molecule has 1 amide bonds. The topological polar surface area (TPSA) is 47.6 Å². The van der Waals surface area contributed by atoms with Crippen molar-refractivity contribution in [2.24, 2.45) is 0 Å². The molecule has 0 spiro atoms. The molecule has 0 saturated heterocycles. The standard InChI is InChI=1S/C13H18BrNO3S/c1-13(2,3)18-12(16)15-7-9-8-6-11(14)19-10(8)4-5-17-9/h6,9H,4-5,7H2,1-3H3,(H,15,16). The van der Waals surface area contributed by atoms with Crippen LogP contribution in [0.3, 0.4) is 0 Å². The Morgan fingerprint density at radius 2 is 2.37 bits per heavy atom. The molecule has 0 radical (unpaired) electrons. The van der Waals surface area contributed by atoms with Crippen molar-refractivity contribution in [1.29, 1.82) is 0 Å². The summed E-state index contributed by atoms with van der Waals surface area (Å²) in [6, 6.07) is 2.07. The maximum Gasteiger partial charge on any atom is 0.407 e. The van der Waals surface area contributed by atoms with Gasteiger partial charge in [0.2, 0.25) is 0 Å². The second-order valence-electron chi connectivity index (χ2n) is 5.42. The van der Waals surface area contributed by atoms with Gasteiger partial charge >= 0.3 is 6.09 Å². The van der Waals surface area contributed by atoms with Crippen LogP contribution in [0.1, 0.15) is 37.3 Å². The number of rotatable bonds is 2. The van der Waals surface area contributed by atoms with Crippen molar-refractivity contribution in [3.05, 3.63) is 20.3 Å². The van der Waals surface area contributed by atoms with E-state index in [1.54, 1.807) is 11.3 Å². The predicted molar refractivity (Wildman–Crippen MR) is 78.7 cm³/mol. The van der Waals surface area contributed by atoms with E-state index in [2.05, 4.69) is 27.3 Å². The first kappa shape index (κ1) is 14.8. The zero-order valence-corrected chi connectivity index (χ0v) is 13.7. The van der Waals surface area contributed by atoms with Gasteiger partial charge in [0.15, 0.2) is 0 Å². The summed E-state index contributed by atoms with van der Waals surface area (Å²) in [5, 5.41) is 2.76. The lowest BCUT2D eigenvalue weighted by Crippen LogP contribution is -2.36. The molecule has 1 aliphatic heterocycles. The van der Waals surface area contributed by atoms with Gasteiger partial charge in [0.1, 0.15) is 11.7 Å². The van der Waals surface area contributed by atoms with E-state index in [9.17, 15) is 4.79 Å². The summed E-state index contributed by atoms with van der Waals surface area (Å²) < 4.78 is 12.0. The molecule has 6 heteroatoms. The van der Waals surface area contributed by atoms with E-state index >= 15 is 0 Å². The van der Waals surface area contributed by atoms with Crippen molar-refractivity contribution in [3.63, 3.8) is 0 Å². The molecule has 1 unspecified atom stereocenters. The van der Waals surface area contributed by atoms with Gasteiger partial charge < -0.3 is 14.8 Å². The highest BCUT2D eigenvalue weighted by molar-refractivity contribution is 9.11. The van der Waals surface area contributed by atoms with Crippen molar-refractivity contribution in [1.82, 2.24) is 5.32 Å². The molecule has 0 bridgehead atoms. The van der Waals surface area contributed by atoms with Crippen molar-refractivity contribution in [2.75, 3.05) is 13.2 Å². The Labute approximate surface area is 125 Å². The highest BCUT2D eigenvalue weighted by Gasteiger charge is 2.24. The molecule has 0 saturated carbocycles. The molecule has 1 aromatic heterocycles. The summed E-state index contributed by atoms with van der Waals surface area (Å²) >= 11 is 5.22. The monoisotopic (exact) mass is 347 g/mol. The van der Waals surface area contributed by atoms with E-state index in [1.165, 1.54) is 10.4 Å². The maximum atomic E-state index is 11.6. The van der Waals surface area contributed by atoms with E-state index < -0.39 is 11.7 Å². The molecule has 1 N–H and O–H groups in total. The third kappa shape index (κ3) is 4.19. The Kier molecular flexibility index (Phi) is 4.53. The Bertz CT molecular complexity index is 467. The number of hydrogen-bond acceptors (Lipinski definition) is 4. The second-order valence-corrected chi connectivity index (χ2v) is 7.94. The molecule has 1 atom stereocenters. The first-order chi connectivity index (χ1) is 8.85. The number of carbonyl (C=O) groups excluding carboxylic acids is 1. The number of fused-ring (bicyclic) bond motifs is 1. The van der Waals surface area contributed by atoms with E-state index in [1.807, 2.05) is 20.8 Å². The molecule has 1 aromatic rings. The molecule has 0 aliphatic carbocycles. The summed E-state index contributed by atoms with van der Waals surface area (Å²) in [6.45, 7) is 6.67. The molecular weight excluding hydrogens is 330 g/mol. The lowest BCUT2D eigenvalue weighted by Gasteiger charge is -2.25. The van der Waals surface area contributed by atoms with Crippen LogP contribution in [0, 0.1) is 0 Å². The minimum absolute atomic E-state index is 0.0844. The van der Waals surface area contributed by atoms with Gasteiger partial charge in [-0.3, -0.25) is 0 Å². The average molecular weight is 348 g/mol. The Morgan fingerprint density at radius 3 is 3.05 bits per heavy atom. The fraction of sp³-hybridized carbons (Fsp3) is 0.615. The molecule has 1 aliphatic rings. The summed E-state index contributed by atoms with van der Waals surface area (Å²) in [7, 11) is 0. The lowest BCUT2D eigenvalue weighted by atomic mass is 10.1. The Hall–Kier alpha value is -0.590. The predicted octanol–water partition coefficient (Wildman–Crippen LogP) is 3.65. The molecule has 2 heterocycles. The number of hydrogen-bond donors (Lipinski definition) is 1. The molecule has 106 valence electrons. The lowest BCUT2D eigenvalue weighted by molar-refractivity contribution is 0.0296. The Morgan fingerprint density at radius 1 is 1.63 bits per heavy atom. The fourth-order valence-corrected chi connectivity index (χ4v) is 3.67. The van der Waals surface area contributed by atoms with Crippen LogP contribution >= 0.6 is 27.3 Å². The third-order valence-electron chi connectivity index (χ3n) is 2.64. The number of thiophene rings is 1. The van der Waals surface area contributed by atoms with Crippen molar-refractivity contribution in [2.45, 2.75) is 38.9 Å². The summed E-state index contributed by atoms with van der Waals surface area (Å²) in [6.07, 6.45) is 0.450. The van der Waals surface area contributed by atoms with Crippen LogP contribution in [0.25, 0.3) is 0 Å². The quantitative estimate of drug-likeness (QED) is 0.888. The highest BCUT2D eigenvalue weighted by Crippen LogP contribution is 2.35. The normalized spacial score (nSPS) is 18.8. The van der Waals surface area contributed by atoms with Crippen molar-refractivity contribution >= 4 is 33.4 Å². The SMILES string of the molecule is CC(C)(C)OC(=O)NCC1OCCc2sc(Br)cc21. The zero-order valence-electron chi connectivity index (χ0n) is 11.3. The minimum atomic E-state index is -0.478. The van der Waals surface area contributed by atoms with Gasteiger partial charge in [-0.15, -0.1) is 11.3 Å². The first-order valence-corrected chi connectivity index (χ1v) is 7.82. The number of alkyl carbamates (subject to hydrolysis) is 1. The minimum Gasteiger partial charge on any atom is -0.444 e. The molecule has 19 heavy (non-hydrogen) atoms. The van der Waals surface area contributed by atoms with Crippen molar-refractivity contribution in [3.8, 4) is 0 Å². The number of nitrogens with one attached hydrogen (secondary N) is 1. The smallest absolute Gasteiger partial charge is 0.407 e. The van der Waals surface area contributed by atoms with Gasteiger partial charge in [0.25, 0.3) is 0 Å². The van der Waals surface area contributed by atoms with Gasteiger partial charge in [0, 0.05) is 11.3 Å². The maximum absolute atomic E-state index is 11.6. The highest BCUT2D eigenvalue weighted by atomic mass is 79.9. The second kappa shape index (κ2) is 5.81. The van der Waals surface area contributed by atoms with Gasteiger partial charge in [-0.25, -0.2) is 4.79 Å². The van der Waals surface area contributed by atoms with Crippen molar-refractivity contribution < 1.29 is 14.3 Å². The molecular formula is C13H18BrNO3S. The zero-order chi connectivity index (χ0) is 14.0. The first-order valence-electron chi connectivity index (χ1n) is 6.22. The molecule has 4 nitrogen and oxygen atoms in total. The van der Waals surface area contributed by atoms with Crippen LogP contribution in [-0.4, -0.2) is 24.8 Å². The van der Waals surface area contributed by atoms with Gasteiger partial charge in [-0.2, -0.15) is 0 Å². The van der Waals surface area contributed by atoms with Crippen LogP contribution in [-0.2, 0) is 15.9 Å². The largest absolute Gasteiger partial charge is 0.444 e. The van der Waals surface area contributed by atoms with Crippen LogP contribution in [0.5, 0.6) is 0 Å². The van der Waals surface area contributed by atoms with Gasteiger partial charge in [-0.05, 0) is 48.3 Å². The molecule has 0 fully saturated rings. The Balaban J connectivity index is 1.92. The number of amides is 1. The van der Waals surface area contributed by atoms with E-state index in [0.717, 1.165) is 10.2 Å². The molecule has 0 aromatic carbocycles. The van der Waals surface area contributed by atoms with Crippen LogP contribution in [0.2, 0.25) is 0 Å². The fourth-order valence-electron chi connectivity index (χ4n) is 1.92. The van der Waals surface area contributed by atoms with E-state index in [0.29, 0.717) is 13.2 Å². The van der Waals surface area contributed by atoms with Crippen LogP contribution in [0.4, 0.5) is 4.79 Å². The number of carbonyl (C=O) groups is 1. The van der Waals surface area contributed by atoms with E-state index in [4.69, 9.17) is 9.47 Å².